The Balaban J connectivity index is 2.37. The summed E-state index contributed by atoms with van der Waals surface area (Å²) in [5, 5.41) is 7.64. The molecule has 7 heteroatoms. The van der Waals surface area contributed by atoms with Crippen LogP contribution in [0.4, 0.5) is 0 Å². The summed E-state index contributed by atoms with van der Waals surface area (Å²) in [5.74, 6) is 0. The highest BCUT2D eigenvalue weighted by molar-refractivity contribution is 7.99. The third-order valence-electron chi connectivity index (χ3n) is 2.51. The summed E-state index contributed by atoms with van der Waals surface area (Å²) in [4.78, 5) is 12.3. The van der Waals surface area contributed by atoms with Crippen LogP contribution >= 0.6 is 23.4 Å². The Bertz CT molecular complexity index is 607. The van der Waals surface area contributed by atoms with Gasteiger partial charge in [0.05, 0.1) is 0 Å². The van der Waals surface area contributed by atoms with Crippen molar-refractivity contribution in [3.8, 4) is 0 Å². The largest absolute Gasteiger partial charge is 0.343 e. The van der Waals surface area contributed by atoms with E-state index in [1.165, 1.54) is 16.3 Å². The Morgan fingerprint density at radius 3 is 2.94 bits per heavy atom. The zero-order valence-electron chi connectivity index (χ0n) is 9.81. The Kier molecular flexibility index (Phi) is 4.11. The van der Waals surface area contributed by atoms with Gasteiger partial charge in [0.1, 0.15) is 0 Å². The van der Waals surface area contributed by atoms with Gasteiger partial charge in [-0.2, -0.15) is 0 Å². The van der Waals surface area contributed by atoms with Crippen LogP contribution in [-0.4, -0.2) is 21.3 Å². The maximum atomic E-state index is 11.3. The molecule has 0 aliphatic carbocycles. The van der Waals surface area contributed by atoms with Crippen molar-refractivity contribution in [2.45, 2.75) is 16.5 Å². The molecule has 96 valence electrons. The average molecular weight is 285 g/mol. The number of halogens is 1. The smallest absolute Gasteiger partial charge is 0.330 e. The molecule has 0 amide bonds. The van der Waals surface area contributed by atoms with Gasteiger partial charge in [-0.1, -0.05) is 17.7 Å². The molecule has 3 N–H and O–H groups in total. The second-order valence-electron chi connectivity index (χ2n) is 3.73. The molecule has 0 aliphatic rings. The van der Waals surface area contributed by atoms with E-state index in [-0.39, 0.29) is 5.69 Å². The van der Waals surface area contributed by atoms with Crippen molar-refractivity contribution in [1.82, 2.24) is 14.8 Å². The molecule has 18 heavy (non-hydrogen) atoms. The van der Waals surface area contributed by atoms with E-state index in [0.717, 1.165) is 10.5 Å². The van der Waals surface area contributed by atoms with Gasteiger partial charge in [-0.3, -0.25) is 4.57 Å². The van der Waals surface area contributed by atoms with Crippen LogP contribution < -0.4 is 11.4 Å². The maximum Gasteiger partial charge on any atom is 0.343 e. The molecule has 0 aliphatic heterocycles. The molecule has 2 aromatic rings. The van der Waals surface area contributed by atoms with E-state index >= 15 is 0 Å². The lowest BCUT2D eigenvalue weighted by Crippen LogP contribution is -2.12. The predicted octanol–water partition coefficient (Wildman–Crippen LogP) is 1.41. The van der Waals surface area contributed by atoms with Crippen LogP contribution in [0.5, 0.6) is 0 Å². The van der Waals surface area contributed by atoms with Gasteiger partial charge in [0.2, 0.25) is 0 Å². The third-order valence-corrected chi connectivity index (χ3v) is 4.01. The molecule has 0 radical (unpaired) electrons. The molecular formula is C11H13ClN4OS. The van der Waals surface area contributed by atoms with Crippen molar-refractivity contribution in [3.63, 3.8) is 0 Å². The van der Waals surface area contributed by atoms with Crippen molar-refractivity contribution >= 4 is 23.4 Å². The summed E-state index contributed by atoms with van der Waals surface area (Å²) < 4.78 is 1.46. The van der Waals surface area contributed by atoms with Crippen molar-refractivity contribution in [1.29, 1.82) is 0 Å². The number of nitrogens with two attached hydrogens (primary N) is 1. The first kappa shape index (κ1) is 13.2. The molecule has 2 rings (SSSR count). The van der Waals surface area contributed by atoms with Crippen LogP contribution in [0, 0.1) is 0 Å². The van der Waals surface area contributed by atoms with Crippen molar-refractivity contribution < 1.29 is 0 Å². The van der Waals surface area contributed by atoms with E-state index in [9.17, 15) is 4.79 Å². The average Bonchev–Trinajstić information content (AvgIpc) is 2.66. The molecule has 0 unspecified atom stereocenters. The fraction of sp³-hybridized carbons (Fsp3) is 0.273. The molecule has 0 atom stereocenters. The van der Waals surface area contributed by atoms with Gasteiger partial charge in [0.25, 0.3) is 0 Å². The van der Waals surface area contributed by atoms with Gasteiger partial charge in [0.15, 0.2) is 5.16 Å². The van der Waals surface area contributed by atoms with E-state index in [2.05, 4.69) is 10.2 Å². The summed E-state index contributed by atoms with van der Waals surface area (Å²) >= 11 is 7.55. The Hall–Kier alpha value is -1.24. The number of aromatic amines is 1. The normalized spacial score (nSPS) is 10.8. The lowest BCUT2D eigenvalue weighted by molar-refractivity contribution is 0.765. The van der Waals surface area contributed by atoms with Gasteiger partial charge >= 0.3 is 5.69 Å². The third kappa shape index (κ3) is 2.60. The van der Waals surface area contributed by atoms with Gasteiger partial charge in [-0.25, -0.2) is 9.89 Å². The molecule has 1 aromatic carbocycles. The molecule has 1 aromatic heterocycles. The minimum atomic E-state index is -0.236. The molecule has 0 spiro atoms. The van der Waals surface area contributed by atoms with E-state index in [1.54, 1.807) is 7.05 Å². The molecule has 5 nitrogen and oxygen atoms in total. The monoisotopic (exact) mass is 284 g/mol. The SMILES string of the molecule is Cn1c(Sc2cccc(Cl)c2CCN)n[nH]c1=O. The first-order valence-electron chi connectivity index (χ1n) is 5.40. The number of benzene rings is 1. The molecular weight excluding hydrogens is 272 g/mol. The molecule has 0 bridgehead atoms. The summed E-state index contributed by atoms with van der Waals surface area (Å²) in [7, 11) is 1.67. The minimum Gasteiger partial charge on any atom is -0.330 e. The van der Waals surface area contributed by atoms with Gasteiger partial charge in [0, 0.05) is 17.0 Å². The van der Waals surface area contributed by atoms with Gasteiger partial charge < -0.3 is 5.73 Å². The van der Waals surface area contributed by atoms with Crippen molar-refractivity contribution in [2.75, 3.05) is 6.54 Å². The number of rotatable bonds is 4. The lowest BCUT2D eigenvalue weighted by Gasteiger charge is -2.09. The van der Waals surface area contributed by atoms with Crippen LogP contribution in [0.3, 0.4) is 0 Å². The maximum absolute atomic E-state index is 11.3. The number of aromatic nitrogens is 3. The van der Waals surface area contributed by atoms with Gasteiger partial charge in [-0.05, 0) is 42.4 Å². The summed E-state index contributed by atoms with van der Waals surface area (Å²) in [6.45, 7) is 0.525. The van der Waals surface area contributed by atoms with Gasteiger partial charge in [-0.15, -0.1) is 5.10 Å². The van der Waals surface area contributed by atoms with E-state index in [4.69, 9.17) is 17.3 Å². The highest BCUT2D eigenvalue weighted by Gasteiger charge is 2.11. The van der Waals surface area contributed by atoms with Crippen LogP contribution in [0.1, 0.15) is 5.56 Å². The highest BCUT2D eigenvalue weighted by Crippen LogP contribution is 2.32. The second-order valence-corrected chi connectivity index (χ2v) is 5.14. The van der Waals surface area contributed by atoms with Crippen LogP contribution in [0.2, 0.25) is 5.02 Å². The molecule has 0 saturated carbocycles. The Labute approximate surface area is 113 Å². The fourth-order valence-electron chi connectivity index (χ4n) is 1.54. The van der Waals surface area contributed by atoms with E-state index in [1.807, 2.05) is 18.2 Å². The topological polar surface area (TPSA) is 76.7 Å². The summed E-state index contributed by atoms with van der Waals surface area (Å²) in [5.41, 5.74) is 6.33. The number of H-pyrrole nitrogens is 1. The standard InChI is InChI=1S/C11H13ClN4OS/c1-16-10(17)14-15-11(16)18-9-4-2-3-8(12)7(9)5-6-13/h2-4H,5-6,13H2,1H3,(H,14,17). The number of nitrogens with one attached hydrogen (secondary N) is 1. The van der Waals surface area contributed by atoms with Crippen molar-refractivity contribution in [2.24, 2.45) is 12.8 Å². The van der Waals surface area contributed by atoms with Crippen LogP contribution in [0.25, 0.3) is 0 Å². The molecule has 0 saturated heterocycles. The first-order chi connectivity index (χ1) is 8.63. The zero-order chi connectivity index (χ0) is 13.1. The fourth-order valence-corrected chi connectivity index (χ4v) is 2.86. The van der Waals surface area contributed by atoms with Crippen LogP contribution in [0.15, 0.2) is 33.0 Å². The summed E-state index contributed by atoms with van der Waals surface area (Å²) in [6.07, 6.45) is 0.695. The van der Waals surface area contributed by atoms with Crippen LogP contribution in [-0.2, 0) is 13.5 Å². The minimum absolute atomic E-state index is 0.236. The number of hydrogen-bond donors (Lipinski definition) is 2. The Morgan fingerprint density at radius 2 is 2.33 bits per heavy atom. The number of hydrogen-bond acceptors (Lipinski definition) is 4. The molecule has 0 fully saturated rings. The second kappa shape index (κ2) is 5.60. The van der Waals surface area contributed by atoms with Crippen molar-refractivity contribution in [3.05, 3.63) is 39.3 Å². The molecule has 1 heterocycles. The zero-order valence-corrected chi connectivity index (χ0v) is 11.4. The highest BCUT2D eigenvalue weighted by atomic mass is 35.5. The predicted molar refractivity (Wildman–Crippen MR) is 72.2 cm³/mol. The quantitative estimate of drug-likeness (QED) is 0.890. The Morgan fingerprint density at radius 1 is 1.56 bits per heavy atom. The first-order valence-corrected chi connectivity index (χ1v) is 6.59. The number of nitrogens with zero attached hydrogens (tertiary/aromatic N) is 2. The summed E-state index contributed by atoms with van der Waals surface area (Å²) in [6, 6.07) is 5.65. The lowest BCUT2D eigenvalue weighted by atomic mass is 10.1. The van der Waals surface area contributed by atoms with E-state index in [0.29, 0.717) is 23.1 Å². The van der Waals surface area contributed by atoms with E-state index < -0.39 is 0 Å².